The van der Waals surface area contributed by atoms with E-state index in [1.807, 2.05) is 25.1 Å². The minimum Gasteiger partial charge on any atom is -0.376 e. The van der Waals surface area contributed by atoms with Gasteiger partial charge in [0.1, 0.15) is 5.82 Å². The second kappa shape index (κ2) is 3.14. The SMILES string of the molecule is CC1C=Cc2cc(Br)cc(F)c2N1. The summed E-state index contributed by atoms with van der Waals surface area (Å²) in [5.41, 5.74) is 1.49. The summed E-state index contributed by atoms with van der Waals surface area (Å²) in [6.07, 6.45) is 3.94. The molecule has 1 aliphatic heterocycles. The molecule has 1 unspecified atom stereocenters. The van der Waals surface area contributed by atoms with Gasteiger partial charge in [-0.05, 0) is 19.1 Å². The third-order valence-corrected chi connectivity index (χ3v) is 2.48. The first-order valence-corrected chi connectivity index (χ1v) is 4.90. The molecule has 1 aromatic rings. The minimum absolute atomic E-state index is 0.197. The van der Waals surface area contributed by atoms with Crippen molar-refractivity contribution in [2.45, 2.75) is 13.0 Å². The Morgan fingerprint density at radius 1 is 1.46 bits per heavy atom. The Kier molecular flexibility index (Phi) is 2.12. The number of hydrogen-bond donors (Lipinski definition) is 1. The smallest absolute Gasteiger partial charge is 0.148 e. The third-order valence-electron chi connectivity index (χ3n) is 2.02. The molecular formula is C10H9BrFN. The molecule has 1 atom stereocenters. The summed E-state index contributed by atoms with van der Waals surface area (Å²) in [5, 5.41) is 3.07. The molecule has 68 valence electrons. The van der Waals surface area contributed by atoms with Gasteiger partial charge in [-0.25, -0.2) is 4.39 Å². The lowest BCUT2D eigenvalue weighted by Gasteiger charge is -2.19. The van der Waals surface area contributed by atoms with Gasteiger partial charge in [0.2, 0.25) is 0 Å². The lowest BCUT2D eigenvalue weighted by atomic mass is 10.1. The summed E-state index contributed by atoms with van der Waals surface area (Å²) in [6, 6.07) is 3.56. The van der Waals surface area contributed by atoms with Crippen molar-refractivity contribution < 1.29 is 4.39 Å². The largest absolute Gasteiger partial charge is 0.376 e. The fourth-order valence-electron chi connectivity index (χ4n) is 1.40. The number of benzene rings is 1. The molecule has 0 aliphatic carbocycles. The van der Waals surface area contributed by atoms with E-state index in [1.165, 1.54) is 6.07 Å². The highest BCUT2D eigenvalue weighted by Crippen LogP contribution is 2.29. The molecule has 3 heteroatoms. The van der Waals surface area contributed by atoms with Gasteiger partial charge in [-0.1, -0.05) is 28.1 Å². The first-order chi connectivity index (χ1) is 6.16. The highest BCUT2D eigenvalue weighted by Gasteiger charge is 2.13. The predicted octanol–water partition coefficient (Wildman–Crippen LogP) is 3.42. The lowest BCUT2D eigenvalue weighted by molar-refractivity contribution is 0.627. The monoisotopic (exact) mass is 241 g/mol. The quantitative estimate of drug-likeness (QED) is 0.735. The van der Waals surface area contributed by atoms with E-state index in [9.17, 15) is 4.39 Å². The standard InChI is InChI=1S/C10H9BrFN/c1-6-2-3-7-4-8(11)5-9(12)10(7)13-6/h2-6,13H,1H3. The Labute approximate surface area is 84.8 Å². The molecule has 1 heterocycles. The van der Waals surface area contributed by atoms with Crippen LogP contribution in [0.3, 0.4) is 0 Å². The van der Waals surface area contributed by atoms with Gasteiger partial charge in [-0.15, -0.1) is 0 Å². The first-order valence-electron chi connectivity index (χ1n) is 4.10. The second-order valence-corrected chi connectivity index (χ2v) is 4.06. The van der Waals surface area contributed by atoms with Crippen LogP contribution in [0.25, 0.3) is 6.08 Å². The zero-order valence-corrected chi connectivity index (χ0v) is 8.73. The minimum atomic E-state index is -0.208. The van der Waals surface area contributed by atoms with Crippen LogP contribution in [0, 0.1) is 5.82 Å². The van der Waals surface area contributed by atoms with E-state index >= 15 is 0 Å². The molecule has 1 aromatic carbocycles. The van der Waals surface area contributed by atoms with Crippen LogP contribution in [-0.2, 0) is 0 Å². The van der Waals surface area contributed by atoms with Gasteiger partial charge in [0.25, 0.3) is 0 Å². The number of anilines is 1. The fourth-order valence-corrected chi connectivity index (χ4v) is 1.85. The topological polar surface area (TPSA) is 12.0 Å². The van der Waals surface area contributed by atoms with Crippen molar-refractivity contribution in [2.24, 2.45) is 0 Å². The summed E-state index contributed by atoms with van der Waals surface area (Å²) in [6.45, 7) is 1.99. The van der Waals surface area contributed by atoms with Gasteiger partial charge in [0, 0.05) is 16.1 Å². The van der Waals surface area contributed by atoms with E-state index in [-0.39, 0.29) is 11.9 Å². The van der Waals surface area contributed by atoms with Crippen LogP contribution in [0.1, 0.15) is 12.5 Å². The normalized spacial score (nSPS) is 19.5. The van der Waals surface area contributed by atoms with Crippen LogP contribution < -0.4 is 5.32 Å². The Balaban J connectivity index is 2.56. The van der Waals surface area contributed by atoms with Gasteiger partial charge in [-0.2, -0.15) is 0 Å². The average Bonchev–Trinajstić information content (AvgIpc) is 2.06. The number of fused-ring (bicyclic) bond motifs is 1. The van der Waals surface area contributed by atoms with Crippen LogP contribution in [0.4, 0.5) is 10.1 Å². The van der Waals surface area contributed by atoms with E-state index < -0.39 is 0 Å². The summed E-state index contributed by atoms with van der Waals surface area (Å²) < 4.78 is 14.1. The fraction of sp³-hybridized carbons (Fsp3) is 0.200. The van der Waals surface area contributed by atoms with Crippen molar-refractivity contribution in [3.63, 3.8) is 0 Å². The molecule has 2 rings (SSSR count). The molecule has 0 aromatic heterocycles. The van der Waals surface area contributed by atoms with Gasteiger partial charge in [0.05, 0.1) is 5.69 Å². The molecule has 1 nitrogen and oxygen atoms in total. The van der Waals surface area contributed by atoms with E-state index in [4.69, 9.17) is 0 Å². The van der Waals surface area contributed by atoms with Crippen molar-refractivity contribution in [2.75, 3.05) is 5.32 Å². The number of rotatable bonds is 0. The summed E-state index contributed by atoms with van der Waals surface area (Å²) in [5.74, 6) is -0.208. The summed E-state index contributed by atoms with van der Waals surface area (Å²) in [7, 11) is 0. The molecule has 13 heavy (non-hydrogen) atoms. The van der Waals surface area contributed by atoms with Crippen molar-refractivity contribution in [1.82, 2.24) is 0 Å². The van der Waals surface area contributed by atoms with Crippen molar-refractivity contribution in [1.29, 1.82) is 0 Å². The highest BCUT2D eigenvalue weighted by atomic mass is 79.9. The third kappa shape index (κ3) is 1.61. The molecule has 0 amide bonds. The highest BCUT2D eigenvalue weighted by molar-refractivity contribution is 9.10. The Bertz CT molecular complexity index is 373. The second-order valence-electron chi connectivity index (χ2n) is 3.14. The van der Waals surface area contributed by atoms with Crippen LogP contribution in [0.5, 0.6) is 0 Å². The van der Waals surface area contributed by atoms with Crippen molar-refractivity contribution in [3.05, 3.63) is 34.1 Å². The van der Waals surface area contributed by atoms with Gasteiger partial charge < -0.3 is 5.32 Å². The predicted molar refractivity (Wildman–Crippen MR) is 56.2 cm³/mol. The molecule has 0 radical (unpaired) electrons. The number of halogens is 2. The lowest BCUT2D eigenvalue weighted by Crippen LogP contribution is -2.16. The maximum atomic E-state index is 13.4. The van der Waals surface area contributed by atoms with Crippen LogP contribution >= 0.6 is 15.9 Å². The van der Waals surface area contributed by atoms with E-state index in [0.717, 1.165) is 10.0 Å². The summed E-state index contributed by atoms with van der Waals surface area (Å²) in [4.78, 5) is 0. The molecule has 1 N–H and O–H groups in total. The zero-order chi connectivity index (χ0) is 9.42. The number of hydrogen-bond acceptors (Lipinski definition) is 1. The number of nitrogens with one attached hydrogen (secondary N) is 1. The van der Waals surface area contributed by atoms with Crippen LogP contribution in [0.2, 0.25) is 0 Å². The van der Waals surface area contributed by atoms with E-state index in [2.05, 4.69) is 21.2 Å². The van der Waals surface area contributed by atoms with Crippen LogP contribution in [-0.4, -0.2) is 6.04 Å². The van der Waals surface area contributed by atoms with Crippen molar-refractivity contribution in [3.8, 4) is 0 Å². The molecule has 0 fully saturated rings. The molecule has 0 bridgehead atoms. The summed E-state index contributed by atoms with van der Waals surface area (Å²) >= 11 is 3.25. The van der Waals surface area contributed by atoms with Crippen LogP contribution in [0.15, 0.2) is 22.7 Å². The van der Waals surface area contributed by atoms with Crippen molar-refractivity contribution >= 4 is 27.7 Å². The van der Waals surface area contributed by atoms with E-state index in [1.54, 1.807) is 0 Å². The van der Waals surface area contributed by atoms with Gasteiger partial charge in [-0.3, -0.25) is 0 Å². The molecular weight excluding hydrogens is 233 g/mol. The molecule has 0 spiro atoms. The maximum absolute atomic E-state index is 13.4. The Morgan fingerprint density at radius 2 is 2.23 bits per heavy atom. The van der Waals surface area contributed by atoms with E-state index in [0.29, 0.717) is 5.69 Å². The Hall–Kier alpha value is -0.830. The molecule has 0 saturated heterocycles. The average molecular weight is 242 g/mol. The maximum Gasteiger partial charge on any atom is 0.148 e. The zero-order valence-electron chi connectivity index (χ0n) is 7.14. The molecule has 0 saturated carbocycles. The Morgan fingerprint density at radius 3 is 3.00 bits per heavy atom. The molecule has 1 aliphatic rings. The van der Waals surface area contributed by atoms with Gasteiger partial charge >= 0.3 is 0 Å². The van der Waals surface area contributed by atoms with Gasteiger partial charge in [0.15, 0.2) is 0 Å². The first kappa shape index (κ1) is 8.75.